The Morgan fingerprint density at radius 2 is 2.26 bits per heavy atom. The molecule has 0 bridgehead atoms. The van der Waals surface area contributed by atoms with E-state index in [-0.39, 0.29) is 19.1 Å². The zero-order valence-corrected chi connectivity index (χ0v) is 13.1. The average Bonchev–Trinajstić information content (AvgIpc) is 3.04. The molecular formula is C17H21N3O3. The van der Waals surface area contributed by atoms with Crippen molar-refractivity contribution in [1.29, 1.82) is 0 Å². The molecule has 1 heterocycles. The van der Waals surface area contributed by atoms with E-state index in [2.05, 4.69) is 10.3 Å². The molecule has 122 valence electrons. The summed E-state index contributed by atoms with van der Waals surface area (Å²) in [5, 5.41) is 11.6. The average molecular weight is 315 g/mol. The number of aromatic nitrogens is 2. The number of hydrogen-bond donors (Lipinski definition) is 2. The quantitative estimate of drug-likeness (QED) is 0.726. The second-order valence-corrected chi connectivity index (χ2v) is 4.80. The van der Waals surface area contributed by atoms with Crippen molar-refractivity contribution in [2.75, 3.05) is 13.2 Å². The van der Waals surface area contributed by atoms with E-state index in [9.17, 15) is 4.79 Å². The molecule has 1 aromatic heterocycles. The van der Waals surface area contributed by atoms with Gasteiger partial charge in [0, 0.05) is 37.1 Å². The fourth-order valence-electron chi connectivity index (χ4n) is 2.08. The summed E-state index contributed by atoms with van der Waals surface area (Å²) in [5.74, 6) is 1.20. The molecule has 2 rings (SSSR count). The number of carbonyl (C=O) groups is 1. The van der Waals surface area contributed by atoms with E-state index in [1.807, 2.05) is 42.0 Å². The van der Waals surface area contributed by atoms with Gasteiger partial charge in [0.1, 0.15) is 18.2 Å². The molecule has 6 nitrogen and oxygen atoms in total. The largest absolute Gasteiger partial charge is 0.491 e. The summed E-state index contributed by atoms with van der Waals surface area (Å²) in [6, 6.07) is 7.41. The number of imidazole rings is 1. The molecule has 0 saturated heterocycles. The van der Waals surface area contributed by atoms with E-state index in [0.29, 0.717) is 12.3 Å². The zero-order valence-electron chi connectivity index (χ0n) is 13.1. The topological polar surface area (TPSA) is 76.4 Å². The Morgan fingerprint density at radius 1 is 1.43 bits per heavy atom. The number of benzene rings is 1. The van der Waals surface area contributed by atoms with Gasteiger partial charge in [-0.2, -0.15) is 0 Å². The fraction of sp³-hybridized carbons (Fsp3) is 0.294. The first-order valence-corrected chi connectivity index (χ1v) is 7.53. The van der Waals surface area contributed by atoms with Gasteiger partial charge in [-0.3, -0.25) is 4.79 Å². The molecule has 0 unspecified atom stereocenters. The number of hydrogen-bond acceptors (Lipinski definition) is 4. The number of aliphatic hydroxyl groups excluding tert-OH is 1. The van der Waals surface area contributed by atoms with Gasteiger partial charge in [0.05, 0.1) is 6.61 Å². The van der Waals surface area contributed by atoms with Crippen LogP contribution >= 0.6 is 0 Å². The Hall–Kier alpha value is -2.60. The Morgan fingerprint density at radius 3 is 3.04 bits per heavy atom. The molecule has 0 aliphatic rings. The Balaban J connectivity index is 1.92. The number of rotatable bonds is 8. The molecule has 23 heavy (non-hydrogen) atoms. The number of ether oxygens (including phenoxy) is 1. The van der Waals surface area contributed by atoms with Crippen LogP contribution in [-0.4, -0.2) is 33.8 Å². The first kappa shape index (κ1) is 16.8. The Kier molecular flexibility index (Phi) is 6.38. The van der Waals surface area contributed by atoms with Crippen molar-refractivity contribution in [3.05, 3.63) is 54.1 Å². The zero-order chi connectivity index (χ0) is 16.5. The maximum atomic E-state index is 11.9. The van der Waals surface area contributed by atoms with E-state index in [1.165, 1.54) is 6.08 Å². The first-order chi connectivity index (χ1) is 11.2. The number of nitrogens with one attached hydrogen (secondary N) is 1. The normalized spacial score (nSPS) is 10.9. The van der Waals surface area contributed by atoms with Crippen molar-refractivity contribution in [3.63, 3.8) is 0 Å². The lowest BCUT2D eigenvalue weighted by Gasteiger charge is -2.10. The summed E-state index contributed by atoms with van der Waals surface area (Å²) in [6.45, 7) is 3.35. The van der Waals surface area contributed by atoms with Gasteiger partial charge in [-0.05, 0) is 19.1 Å². The van der Waals surface area contributed by atoms with Gasteiger partial charge in [0.25, 0.3) is 0 Å². The molecule has 0 saturated carbocycles. The van der Waals surface area contributed by atoms with Crippen LogP contribution in [0.1, 0.15) is 18.3 Å². The van der Waals surface area contributed by atoms with Crippen LogP contribution in [-0.2, 0) is 17.9 Å². The second-order valence-electron chi connectivity index (χ2n) is 4.80. The predicted octanol–water partition coefficient (Wildman–Crippen LogP) is 1.60. The highest BCUT2D eigenvalue weighted by Gasteiger charge is 2.04. The third-order valence-corrected chi connectivity index (χ3v) is 3.25. The van der Waals surface area contributed by atoms with Crippen LogP contribution in [0.3, 0.4) is 0 Å². The van der Waals surface area contributed by atoms with Gasteiger partial charge in [-0.25, -0.2) is 4.98 Å². The minimum Gasteiger partial charge on any atom is -0.491 e. The van der Waals surface area contributed by atoms with Gasteiger partial charge in [-0.15, -0.1) is 0 Å². The second kappa shape index (κ2) is 8.75. The van der Waals surface area contributed by atoms with Crippen molar-refractivity contribution < 1.29 is 14.6 Å². The van der Waals surface area contributed by atoms with E-state index >= 15 is 0 Å². The maximum Gasteiger partial charge on any atom is 0.244 e. The van der Waals surface area contributed by atoms with Crippen LogP contribution in [0.5, 0.6) is 5.75 Å². The third kappa shape index (κ3) is 4.96. The molecule has 0 atom stereocenters. The summed E-state index contributed by atoms with van der Waals surface area (Å²) < 4.78 is 7.38. The smallest absolute Gasteiger partial charge is 0.244 e. The predicted molar refractivity (Wildman–Crippen MR) is 87.8 cm³/mol. The molecule has 1 aromatic carbocycles. The molecular weight excluding hydrogens is 294 g/mol. The lowest BCUT2D eigenvalue weighted by Crippen LogP contribution is -2.21. The number of nitrogens with zero attached hydrogens (tertiary/aromatic N) is 2. The van der Waals surface area contributed by atoms with Crippen molar-refractivity contribution in [3.8, 4) is 5.75 Å². The van der Waals surface area contributed by atoms with Crippen LogP contribution in [0.25, 0.3) is 6.08 Å². The molecule has 2 N–H and O–H groups in total. The summed E-state index contributed by atoms with van der Waals surface area (Å²) in [7, 11) is 0. The molecule has 0 aliphatic heterocycles. The highest BCUT2D eigenvalue weighted by molar-refractivity contribution is 5.91. The van der Waals surface area contributed by atoms with Crippen LogP contribution in [0.2, 0.25) is 0 Å². The molecule has 6 heteroatoms. The maximum absolute atomic E-state index is 11.9. The van der Waals surface area contributed by atoms with Gasteiger partial charge < -0.3 is 19.7 Å². The van der Waals surface area contributed by atoms with Gasteiger partial charge in [0.2, 0.25) is 5.91 Å². The van der Waals surface area contributed by atoms with Crippen molar-refractivity contribution in [2.24, 2.45) is 0 Å². The molecule has 0 spiro atoms. The van der Waals surface area contributed by atoms with Gasteiger partial charge in [0.15, 0.2) is 0 Å². The number of para-hydroxylation sites is 1. The van der Waals surface area contributed by atoms with Crippen LogP contribution in [0, 0.1) is 0 Å². The summed E-state index contributed by atoms with van der Waals surface area (Å²) in [6.07, 6.45) is 6.72. The minimum atomic E-state index is -0.201. The lowest BCUT2D eigenvalue weighted by atomic mass is 10.2. The number of aliphatic hydroxyl groups is 1. The Bertz CT molecular complexity index is 665. The van der Waals surface area contributed by atoms with E-state index in [0.717, 1.165) is 17.9 Å². The van der Waals surface area contributed by atoms with Crippen LogP contribution < -0.4 is 10.1 Å². The lowest BCUT2D eigenvalue weighted by molar-refractivity contribution is -0.116. The van der Waals surface area contributed by atoms with E-state index in [4.69, 9.17) is 9.84 Å². The third-order valence-electron chi connectivity index (χ3n) is 3.25. The first-order valence-electron chi connectivity index (χ1n) is 7.53. The summed E-state index contributed by atoms with van der Waals surface area (Å²) >= 11 is 0. The van der Waals surface area contributed by atoms with Crippen molar-refractivity contribution in [1.82, 2.24) is 14.9 Å². The number of carbonyl (C=O) groups excluding carboxylic acids is 1. The van der Waals surface area contributed by atoms with E-state index in [1.54, 1.807) is 12.3 Å². The van der Waals surface area contributed by atoms with Crippen molar-refractivity contribution >= 4 is 12.0 Å². The van der Waals surface area contributed by atoms with Crippen LogP contribution in [0.4, 0.5) is 0 Å². The van der Waals surface area contributed by atoms with Crippen LogP contribution in [0.15, 0.2) is 42.7 Å². The number of aryl methyl sites for hydroxylation is 1. The fourth-order valence-corrected chi connectivity index (χ4v) is 2.08. The van der Waals surface area contributed by atoms with Crippen molar-refractivity contribution in [2.45, 2.75) is 20.0 Å². The Labute approximate surface area is 135 Å². The van der Waals surface area contributed by atoms with Gasteiger partial charge in [-0.1, -0.05) is 18.2 Å². The summed E-state index contributed by atoms with van der Waals surface area (Å²) in [4.78, 5) is 16.1. The highest BCUT2D eigenvalue weighted by Crippen LogP contribution is 2.17. The van der Waals surface area contributed by atoms with E-state index < -0.39 is 0 Å². The monoisotopic (exact) mass is 315 g/mol. The standard InChI is InChI=1S/C17H21N3O3/c1-2-20-10-9-18-16(20)7-8-17(22)19-13-14-5-3-4-6-15(14)23-12-11-21/h3-10,21H,2,11-13H2,1H3,(H,19,22)/b8-7+. The summed E-state index contributed by atoms with van der Waals surface area (Å²) in [5.41, 5.74) is 0.859. The molecule has 2 aromatic rings. The molecule has 0 radical (unpaired) electrons. The SMILES string of the molecule is CCn1ccnc1/C=C/C(=O)NCc1ccccc1OCCO. The molecule has 0 aliphatic carbocycles. The number of amides is 1. The highest BCUT2D eigenvalue weighted by atomic mass is 16.5. The molecule has 1 amide bonds. The minimum absolute atomic E-state index is 0.0481. The molecule has 0 fully saturated rings. The van der Waals surface area contributed by atoms with Gasteiger partial charge >= 0.3 is 0 Å².